The topological polar surface area (TPSA) is 80.4 Å². The van der Waals surface area contributed by atoms with Gasteiger partial charge in [-0.1, -0.05) is 58.6 Å². The molecule has 3 aromatic rings. The number of nitrogens with zero attached hydrogens (tertiary/aromatic N) is 3. The van der Waals surface area contributed by atoms with E-state index in [2.05, 4.69) is 20.7 Å². The fourth-order valence-electron chi connectivity index (χ4n) is 1.88. The second-order valence-electron chi connectivity index (χ2n) is 5.23. The Morgan fingerprint density at radius 3 is 2.75 bits per heavy atom. The molecule has 3 rings (SSSR count). The molecular weight excluding hydrogens is 436 g/mol. The van der Waals surface area contributed by atoms with Gasteiger partial charge in [0.2, 0.25) is 0 Å². The second-order valence-corrected chi connectivity index (χ2v) is 9.08. The average Bonchev–Trinajstić information content (AvgIpc) is 3.38. The second kappa shape index (κ2) is 11.1. The van der Waals surface area contributed by atoms with Gasteiger partial charge in [-0.3, -0.25) is 4.79 Å². The number of benzene rings is 1. The first-order chi connectivity index (χ1) is 13.7. The van der Waals surface area contributed by atoms with Crippen molar-refractivity contribution in [2.24, 2.45) is 5.10 Å². The maximum atomic E-state index is 11.8. The Morgan fingerprint density at radius 1 is 1.21 bits per heavy atom. The van der Waals surface area contributed by atoms with Gasteiger partial charge in [0.05, 0.1) is 12.0 Å². The molecule has 144 valence electrons. The largest absolute Gasteiger partial charge is 0.465 e. The first-order valence-electron chi connectivity index (χ1n) is 8.04. The van der Waals surface area contributed by atoms with Crippen LogP contribution >= 0.6 is 46.5 Å². The minimum absolute atomic E-state index is 0.210. The van der Waals surface area contributed by atoms with E-state index in [0.717, 1.165) is 25.0 Å². The number of carbonyl (C=O) groups excluding carboxylic acids is 1. The number of halogens is 1. The molecule has 0 saturated heterocycles. The number of hydrogen-bond acceptors (Lipinski definition) is 8. The number of hydrogen-bond donors (Lipinski definition) is 1. The van der Waals surface area contributed by atoms with Gasteiger partial charge >= 0.3 is 0 Å². The molecule has 1 aromatic carbocycles. The van der Waals surface area contributed by atoms with Crippen molar-refractivity contribution in [3.63, 3.8) is 0 Å². The lowest BCUT2D eigenvalue weighted by molar-refractivity contribution is -0.118. The normalized spacial score (nSPS) is 11.5. The predicted molar refractivity (Wildman–Crippen MR) is 116 cm³/mol. The lowest BCUT2D eigenvalue weighted by Crippen LogP contribution is -2.19. The third-order valence-corrected chi connectivity index (χ3v) is 6.66. The van der Waals surface area contributed by atoms with E-state index in [4.69, 9.17) is 16.0 Å². The Bertz CT molecular complexity index is 940. The Morgan fingerprint density at radius 2 is 2.00 bits per heavy atom. The number of thioether (sulfide) groups is 2. The predicted octanol–water partition coefficient (Wildman–Crippen LogP) is 4.98. The number of rotatable bonds is 9. The highest BCUT2D eigenvalue weighted by atomic mass is 35.5. The van der Waals surface area contributed by atoms with Crippen molar-refractivity contribution in [3.05, 3.63) is 65.1 Å². The fourth-order valence-corrected chi connectivity index (χ4v) is 4.77. The molecule has 6 nitrogen and oxygen atoms in total. The van der Waals surface area contributed by atoms with Crippen LogP contribution in [0, 0.1) is 0 Å². The summed E-state index contributed by atoms with van der Waals surface area (Å²) in [7, 11) is 0. The summed E-state index contributed by atoms with van der Waals surface area (Å²) in [6.07, 6.45) is 6.50. The van der Waals surface area contributed by atoms with Gasteiger partial charge in [0.1, 0.15) is 5.76 Å². The van der Waals surface area contributed by atoms with Crippen LogP contribution in [0.5, 0.6) is 0 Å². The van der Waals surface area contributed by atoms with Crippen molar-refractivity contribution < 1.29 is 9.21 Å². The SMILES string of the molecule is O=C(CSc1nnc(SCc2ccc(Cl)cc2)s1)N/N=C/C=C\c1ccco1. The zero-order valence-corrected chi connectivity index (χ0v) is 17.7. The lowest BCUT2D eigenvalue weighted by atomic mass is 10.2. The number of carbonyl (C=O) groups is 1. The van der Waals surface area contributed by atoms with Crippen molar-refractivity contribution in [3.8, 4) is 0 Å². The zero-order valence-electron chi connectivity index (χ0n) is 14.4. The van der Waals surface area contributed by atoms with Crippen molar-refractivity contribution in [1.29, 1.82) is 0 Å². The minimum atomic E-state index is -0.210. The van der Waals surface area contributed by atoms with Crippen molar-refractivity contribution in [2.75, 3.05) is 5.75 Å². The van der Waals surface area contributed by atoms with Crippen LogP contribution in [0.15, 0.2) is 66.9 Å². The van der Waals surface area contributed by atoms with E-state index in [-0.39, 0.29) is 11.7 Å². The van der Waals surface area contributed by atoms with Crippen LogP contribution in [0.4, 0.5) is 0 Å². The van der Waals surface area contributed by atoms with E-state index in [0.29, 0.717) is 5.76 Å². The molecule has 2 aromatic heterocycles. The standard InChI is InChI=1S/C18H15ClN4O2S3/c19-14-7-5-13(6-8-14)11-26-17-22-23-18(28-17)27-12-16(24)21-20-9-1-3-15-4-2-10-25-15/h1-10H,11-12H2,(H,21,24)/b3-1-,20-9+. The molecule has 10 heteroatoms. The number of aromatic nitrogens is 2. The molecule has 1 N–H and O–H groups in total. The summed E-state index contributed by atoms with van der Waals surface area (Å²) in [5.41, 5.74) is 3.62. The third kappa shape index (κ3) is 7.16. The highest BCUT2D eigenvalue weighted by Gasteiger charge is 2.08. The van der Waals surface area contributed by atoms with Gasteiger partial charge in [-0.25, -0.2) is 5.43 Å². The van der Waals surface area contributed by atoms with E-state index in [9.17, 15) is 4.79 Å². The van der Waals surface area contributed by atoms with Crippen LogP contribution in [-0.2, 0) is 10.5 Å². The van der Waals surface area contributed by atoms with E-state index < -0.39 is 0 Å². The van der Waals surface area contributed by atoms with Gasteiger partial charge < -0.3 is 4.42 Å². The molecule has 0 bridgehead atoms. The Balaban J connectivity index is 1.36. The molecule has 0 saturated carbocycles. The summed E-state index contributed by atoms with van der Waals surface area (Å²) in [6.45, 7) is 0. The Kier molecular flexibility index (Phi) is 8.16. The van der Waals surface area contributed by atoms with Crippen molar-refractivity contribution >= 4 is 64.7 Å². The highest BCUT2D eigenvalue weighted by molar-refractivity contribution is 8.03. The van der Waals surface area contributed by atoms with Crippen molar-refractivity contribution in [2.45, 2.75) is 14.4 Å². The first-order valence-corrected chi connectivity index (χ1v) is 11.2. The molecule has 0 aliphatic carbocycles. The number of hydrazone groups is 1. The quantitative estimate of drug-likeness (QED) is 0.281. The molecule has 1 amide bonds. The summed E-state index contributed by atoms with van der Waals surface area (Å²) in [6, 6.07) is 11.3. The molecule has 28 heavy (non-hydrogen) atoms. The number of amides is 1. The number of furan rings is 1. The molecule has 0 aliphatic heterocycles. The summed E-state index contributed by atoms with van der Waals surface area (Å²) < 4.78 is 6.75. The Labute approximate surface area is 179 Å². The van der Waals surface area contributed by atoms with Gasteiger partial charge in [0, 0.05) is 17.0 Å². The van der Waals surface area contributed by atoms with E-state index in [1.165, 1.54) is 29.3 Å². The smallest absolute Gasteiger partial charge is 0.250 e. The van der Waals surface area contributed by atoms with Gasteiger partial charge in [0.25, 0.3) is 5.91 Å². The zero-order chi connectivity index (χ0) is 19.6. The molecule has 0 radical (unpaired) electrons. The molecule has 0 fully saturated rings. The average molecular weight is 451 g/mol. The maximum absolute atomic E-state index is 11.8. The van der Waals surface area contributed by atoms with Gasteiger partial charge in [-0.15, -0.1) is 10.2 Å². The van der Waals surface area contributed by atoms with Crippen LogP contribution in [0.1, 0.15) is 11.3 Å². The molecular formula is C18H15ClN4O2S3. The lowest BCUT2D eigenvalue weighted by Gasteiger charge is -1.98. The third-order valence-electron chi connectivity index (χ3n) is 3.14. The monoisotopic (exact) mass is 450 g/mol. The number of allylic oxidation sites excluding steroid dienone is 1. The van der Waals surface area contributed by atoms with Crippen LogP contribution in [0.25, 0.3) is 6.08 Å². The maximum Gasteiger partial charge on any atom is 0.250 e. The van der Waals surface area contributed by atoms with Crippen LogP contribution in [0.2, 0.25) is 5.02 Å². The van der Waals surface area contributed by atoms with Gasteiger partial charge in [-0.05, 0) is 42.0 Å². The summed E-state index contributed by atoms with van der Waals surface area (Å²) in [5.74, 6) is 1.51. The molecule has 0 unspecified atom stereocenters. The Hall–Kier alpha value is -2.07. The van der Waals surface area contributed by atoms with E-state index >= 15 is 0 Å². The molecule has 0 aliphatic rings. The van der Waals surface area contributed by atoms with Gasteiger partial charge in [-0.2, -0.15) is 5.10 Å². The van der Waals surface area contributed by atoms with Crippen LogP contribution in [0.3, 0.4) is 0 Å². The first kappa shape index (κ1) is 20.7. The number of nitrogens with one attached hydrogen (secondary N) is 1. The van der Waals surface area contributed by atoms with Crippen LogP contribution in [-0.4, -0.2) is 28.1 Å². The highest BCUT2D eigenvalue weighted by Crippen LogP contribution is 2.30. The van der Waals surface area contributed by atoms with Crippen LogP contribution < -0.4 is 5.43 Å². The van der Waals surface area contributed by atoms with Gasteiger partial charge in [0.15, 0.2) is 8.68 Å². The molecule has 0 atom stereocenters. The van der Waals surface area contributed by atoms with E-state index in [1.807, 2.05) is 30.3 Å². The molecule has 0 spiro atoms. The summed E-state index contributed by atoms with van der Waals surface area (Å²) in [4.78, 5) is 11.8. The molecule has 2 heterocycles. The van der Waals surface area contributed by atoms with E-state index in [1.54, 1.807) is 36.2 Å². The van der Waals surface area contributed by atoms with Crippen molar-refractivity contribution in [1.82, 2.24) is 15.6 Å². The summed E-state index contributed by atoms with van der Waals surface area (Å²) in [5, 5.41) is 12.8. The summed E-state index contributed by atoms with van der Waals surface area (Å²) >= 11 is 10.3. The minimum Gasteiger partial charge on any atom is -0.465 e. The fraction of sp³-hybridized carbons (Fsp3) is 0.111.